The SMILES string of the molecule is CCc1ccc(CNCc2ccc(OC)cc2N)s1. The number of nitrogen functional groups attached to an aromatic ring is 1. The normalized spacial score (nSPS) is 10.6. The largest absolute Gasteiger partial charge is 0.497 e. The second-order valence-corrected chi connectivity index (χ2v) is 5.64. The topological polar surface area (TPSA) is 47.3 Å². The highest BCUT2D eigenvalue weighted by Gasteiger charge is 2.02. The zero-order chi connectivity index (χ0) is 13.7. The Morgan fingerprint density at radius 2 is 1.95 bits per heavy atom. The Balaban J connectivity index is 1.88. The molecule has 19 heavy (non-hydrogen) atoms. The molecule has 0 unspecified atom stereocenters. The highest BCUT2D eigenvalue weighted by atomic mass is 32.1. The fourth-order valence-corrected chi connectivity index (χ4v) is 2.82. The quantitative estimate of drug-likeness (QED) is 0.797. The smallest absolute Gasteiger partial charge is 0.120 e. The Labute approximate surface area is 118 Å². The number of methoxy groups -OCH3 is 1. The molecule has 0 radical (unpaired) electrons. The molecule has 3 nitrogen and oxygen atoms in total. The maximum atomic E-state index is 5.98. The van der Waals surface area contributed by atoms with Gasteiger partial charge in [0, 0.05) is 34.6 Å². The molecule has 1 aromatic carbocycles. The van der Waals surface area contributed by atoms with Gasteiger partial charge in [-0.15, -0.1) is 11.3 Å². The van der Waals surface area contributed by atoms with Crippen LogP contribution in [0.15, 0.2) is 30.3 Å². The van der Waals surface area contributed by atoms with E-state index in [-0.39, 0.29) is 0 Å². The molecule has 102 valence electrons. The van der Waals surface area contributed by atoms with E-state index in [1.807, 2.05) is 29.5 Å². The molecule has 0 amide bonds. The lowest BCUT2D eigenvalue weighted by atomic mass is 10.1. The van der Waals surface area contributed by atoms with E-state index in [0.29, 0.717) is 0 Å². The van der Waals surface area contributed by atoms with Crippen LogP contribution in [0.2, 0.25) is 0 Å². The van der Waals surface area contributed by atoms with Crippen LogP contribution in [0.4, 0.5) is 5.69 Å². The van der Waals surface area contributed by atoms with Gasteiger partial charge in [-0.2, -0.15) is 0 Å². The number of thiophene rings is 1. The number of rotatable bonds is 6. The Bertz CT molecular complexity index is 537. The van der Waals surface area contributed by atoms with Gasteiger partial charge in [0.15, 0.2) is 0 Å². The van der Waals surface area contributed by atoms with Gasteiger partial charge in [-0.25, -0.2) is 0 Å². The molecule has 0 spiro atoms. The molecular weight excluding hydrogens is 256 g/mol. The predicted molar refractivity (Wildman–Crippen MR) is 81.6 cm³/mol. The molecule has 0 atom stereocenters. The first-order chi connectivity index (χ1) is 9.22. The highest BCUT2D eigenvalue weighted by Crippen LogP contribution is 2.20. The lowest BCUT2D eigenvalue weighted by Gasteiger charge is -2.08. The molecule has 0 aliphatic heterocycles. The Hall–Kier alpha value is -1.52. The number of aryl methyl sites for hydroxylation is 1. The molecule has 2 rings (SSSR count). The van der Waals surface area contributed by atoms with E-state index in [1.165, 1.54) is 9.75 Å². The van der Waals surface area contributed by atoms with Gasteiger partial charge < -0.3 is 15.8 Å². The third-order valence-electron chi connectivity index (χ3n) is 3.03. The van der Waals surface area contributed by atoms with Gasteiger partial charge >= 0.3 is 0 Å². The predicted octanol–water partition coefficient (Wildman–Crippen LogP) is 3.19. The number of nitrogens with one attached hydrogen (secondary N) is 1. The van der Waals surface area contributed by atoms with Crippen LogP contribution < -0.4 is 15.8 Å². The first-order valence-corrected chi connectivity index (χ1v) is 7.25. The standard InChI is InChI=1S/C15H20N2OS/c1-3-13-6-7-14(19-13)10-17-9-11-4-5-12(18-2)8-15(11)16/h4-8,17H,3,9-10,16H2,1-2H3. The van der Waals surface area contributed by atoms with Crippen molar-refractivity contribution in [2.24, 2.45) is 0 Å². The van der Waals surface area contributed by atoms with Crippen molar-refractivity contribution in [3.8, 4) is 5.75 Å². The van der Waals surface area contributed by atoms with Gasteiger partial charge in [-0.3, -0.25) is 0 Å². The zero-order valence-electron chi connectivity index (χ0n) is 11.4. The van der Waals surface area contributed by atoms with Crippen LogP contribution in [0, 0.1) is 0 Å². The van der Waals surface area contributed by atoms with Gasteiger partial charge in [0.25, 0.3) is 0 Å². The van der Waals surface area contributed by atoms with Gasteiger partial charge in [0.05, 0.1) is 7.11 Å². The molecule has 3 N–H and O–H groups in total. The van der Waals surface area contributed by atoms with Crippen molar-refractivity contribution in [1.29, 1.82) is 0 Å². The molecule has 0 saturated carbocycles. The van der Waals surface area contributed by atoms with Crippen LogP contribution in [0.25, 0.3) is 0 Å². The molecule has 0 aliphatic rings. The first-order valence-electron chi connectivity index (χ1n) is 6.43. The van der Waals surface area contributed by atoms with E-state index in [2.05, 4.69) is 24.4 Å². The van der Waals surface area contributed by atoms with Crippen molar-refractivity contribution < 1.29 is 4.74 Å². The van der Waals surface area contributed by atoms with Gasteiger partial charge in [-0.1, -0.05) is 13.0 Å². The molecule has 0 saturated heterocycles. The molecule has 1 aromatic heterocycles. The number of nitrogens with two attached hydrogens (primary N) is 1. The highest BCUT2D eigenvalue weighted by molar-refractivity contribution is 7.11. The molecule has 0 fully saturated rings. The maximum Gasteiger partial charge on any atom is 0.120 e. The summed E-state index contributed by atoms with van der Waals surface area (Å²) in [5, 5.41) is 3.42. The van der Waals surface area contributed by atoms with Gasteiger partial charge in [0.1, 0.15) is 5.75 Å². The minimum Gasteiger partial charge on any atom is -0.497 e. The lowest BCUT2D eigenvalue weighted by molar-refractivity contribution is 0.415. The van der Waals surface area contributed by atoms with Crippen molar-refractivity contribution >= 4 is 17.0 Å². The number of ether oxygens (including phenoxy) is 1. The molecule has 0 aliphatic carbocycles. The summed E-state index contributed by atoms with van der Waals surface area (Å²) in [6, 6.07) is 10.2. The molecule has 1 heterocycles. The Morgan fingerprint density at radius 3 is 2.58 bits per heavy atom. The van der Waals surface area contributed by atoms with Crippen LogP contribution in [0.3, 0.4) is 0 Å². The summed E-state index contributed by atoms with van der Waals surface area (Å²) in [6.45, 7) is 3.84. The number of benzene rings is 1. The summed E-state index contributed by atoms with van der Waals surface area (Å²) in [5.74, 6) is 0.798. The van der Waals surface area contributed by atoms with Crippen molar-refractivity contribution in [3.05, 3.63) is 45.6 Å². The monoisotopic (exact) mass is 276 g/mol. The van der Waals surface area contributed by atoms with Crippen LogP contribution in [0.5, 0.6) is 5.75 Å². The summed E-state index contributed by atoms with van der Waals surface area (Å²) in [6.07, 6.45) is 1.11. The lowest BCUT2D eigenvalue weighted by Crippen LogP contribution is -2.13. The summed E-state index contributed by atoms with van der Waals surface area (Å²) in [7, 11) is 1.65. The maximum absolute atomic E-state index is 5.98. The van der Waals surface area contributed by atoms with Gasteiger partial charge in [0.2, 0.25) is 0 Å². The van der Waals surface area contributed by atoms with Crippen molar-refractivity contribution in [3.63, 3.8) is 0 Å². The van der Waals surface area contributed by atoms with Gasteiger partial charge in [-0.05, 0) is 30.2 Å². The van der Waals surface area contributed by atoms with Crippen LogP contribution >= 0.6 is 11.3 Å². The van der Waals surface area contributed by atoms with Crippen LogP contribution in [-0.2, 0) is 19.5 Å². The molecular formula is C15H20N2OS. The third-order valence-corrected chi connectivity index (χ3v) is 4.26. The number of hydrogen-bond donors (Lipinski definition) is 2. The second kappa shape index (κ2) is 6.59. The molecule has 0 bridgehead atoms. The van der Waals surface area contributed by atoms with E-state index in [4.69, 9.17) is 10.5 Å². The van der Waals surface area contributed by atoms with E-state index < -0.39 is 0 Å². The average Bonchev–Trinajstić information content (AvgIpc) is 2.88. The van der Waals surface area contributed by atoms with Crippen molar-refractivity contribution in [2.45, 2.75) is 26.4 Å². The average molecular weight is 276 g/mol. The summed E-state index contributed by atoms with van der Waals surface area (Å²) in [5.41, 5.74) is 7.86. The Kier molecular flexibility index (Phi) is 4.82. The fourth-order valence-electron chi connectivity index (χ4n) is 1.89. The number of anilines is 1. The second-order valence-electron chi connectivity index (χ2n) is 4.39. The van der Waals surface area contributed by atoms with E-state index in [9.17, 15) is 0 Å². The minimum absolute atomic E-state index is 0.771. The number of hydrogen-bond acceptors (Lipinski definition) is 4. The summed E-state index contributed by atoms with van der Waals surface area (Å²) in [4.78, 5) is 2.80. The summed E-state index contributed by atoms with van der Waals surface area (Å²) < 4.78 is 5.14. The third kappa shape index (κ3) is 3.72. The van der Waals surface area contributed by atoms with E-state index in [1.54, 1.807) is 7.11 Å². The fraction of sp³-hybridized carbons (Fsp3) is 0.333. The zero-order valence-corrected chi connectivity index (χ0v) is 12.2. The van der Waals surface area contributed by atoms with Crippen LogP contribution in [-0.4, -0.2) is 7.11 Å². The van der Waals surface area contributed by atoms with E-state index >= 15 is 0 Å². The Morgan fingerprint density at radius 1 is 1.16 bits per heavy atom. The van der Waals surface area contributed by atoms with Crippen molar-refractivity contribution in [2.75, 3.05) is 12.8 Å². The first kappa shape index (κ1) is 13.9. The van der Waals surface area contributed by atoms with E-state index in [0.717, 1.165) is 36.5 Å². The van der Waals surface area contributed by atoms with Crippen LogP contribution in [0.1, 0.15) is 22.2 Å². The minimum atomic E-state index is 0.771. The molecule has 2 aromatic rings. The summed E-state index contributed by atoms with van der Waals surface area (Å²) >= 11 is 1.86. The molecule has 4 heteroatoms. The van der Waals surface area contributed by atoms with Crippen molar-refractivity contribution in [1.82, 2.24) is 5.32 Å².